The second kappa shape index (κ2) is 9.78. The summed E-state index contributed by atoms with van der Waals surface area (Å²) in [6.45, 7) is 0.454. The van der Waals surface area contributed by atoms with Crippen molar-refractivity contribution in [1.82, 2.24) is 10.3 Å². The molecule has 0 aromatic carbocycles. The van der Waals surface area contributed by atoms with Crippen LogP contribution in [0, 0.1) is 0 Å². The Morgan fingerprint density at radius 3 is 3.00 bits per heavy atom. The molecule has 23 heavy (non-hydrogen) atoms. The number of rotatable bonds is 8. The van der Waals surface area contributed by atoms with E-state index in [4.69, 9.17) is 10.5 Å². The molecule has 2 rings (SSSR count). The first-order valence-electron chi connectivity index (χ1n) is 8.33. The smallest absolute Gasteiger partial charge is 0.237 e. The molecular formula is C17H27N3O2S. The molecule has 0 saturated heterocycles. The van der Waals surface area contributed by atoms with Crippen LogP contribution in [0.4, 0.5) is 0 Å². The highest BCUT2D eigenvalue weighted by Gasteiger charge is 2.16. The molecule has 128 valence electrons. The Bertz CT molecular complexity index is 492. The quantitative estimate of drug-likeness (QED) is 0.762. The van der Waals surface area contributed by atoms with E-state index in [0.717, 1.165) is 24.2 Å². The van der Waals surface area contributed by atoms with Gasteiger partial charge in [0.2, 0.25) is 11.8 Å². The number of hydrogen-bond acceptors (Lipinski definition) is 5. The summed E-state index contributed by atoms with van der Waals surface area (Å²) in [5.41, 5.74) is 6.84. The highest BCUT2D eigenvalue weighted by Crippen LogP contribution is 2.22. The van der Waals surface area contributed by atoms with Crippen molar-refractivity contribution in [3.63, 3.8) is 0 Å². The SMILES string of the molecule is CSCCC(N)C(=O)NCc1ccnc(OC2CCCCC2)c1. The Hall–Kier alpha value is -1.27. The number of aromatic nitrogens is 1. The molecule has 6 heteroatoms. The molecule has 0 bridgehead atoms. The van der Waals surface area contributed by atoms with E-state index in [2.05, 4.69) is 10.3 Å². The molecule has 1 aliphatic carbocycles. The zero-order chi connectivity index (χ0) is 16.5. The molecule has 1 fully saturated rings. The van der Waals surface area contributed by atoms with Crippen LogP contribution in [0.25, 0.3) is 0 Å². The van der Waals surface area contributed by atoms with Crippen LogP contribution in [-0.2, 0) is 11.3 Å². The minimum atomic E-state index is -0.442. The zero-order valence-corrected chi connectivity index (χ0v) is 14.6. The van der Waals surface area contributed by atoms with Crippen molar-refractivity contribution >= 4 is 17.7 Å². The van der Waals surface area contributed by atoms with Gasteiger partial charge in [-0.3, -0.25) is 4.79 Å². The number of ether oxygens (including phenoxy) is 1. The third-order valence-corrected chi connectivity index (χ3v) is 4.72. The third-order valence-electron chi connectivity index (χ3n) is 4.08. The molecule has 1 heterocycles. The number of carbonyl (C=O) groups is 1. The first-order chi connectivity index (χ1) is 11.2. The monoisotopic (exact) mass is 337 g/mol. The predicted molar refractivity (Wildman–Crippen MR) is 94.6 cm³/mol. The number of hydrogen-bond donors (Lipinski definition) is 2. The van der Waals surface area contributed by atoms with Gasteiger partial charge in [-0.05, 0) is 55.7 Å². The molecule has 0 aliphatic heterocycles. The molecule has 1 aromatic rings. The normalized spacial score (nSPS) is 16.8. The molecular weight excluding hydrogens is 310 g/mol. The molecule has 1 amide bonds. The highest BCUT2D eigenvalue weighted by molar-refractivity contribution is 7.98. The van der Waals surface area contributed by atoms with E-state index in [-0.39, 0.29) is 12.0 Å². The van der Waals surface area contributed by atoms with Gasteiger partial charge in [-0.25, -0.2) is 4.98 Å². The lowest BCUT2D eigenvalue weighted by Crippen LogP contribution is -2.40. The Labute approximate surface area is 142 Å². The van der Waals surface area contributed by atoms with Crippen LogP contribution in [-0.4, -0.2) is 35.0 Å². The summed E-state index contributed by atoms with van der Waals surface area (Å²) in [6, 6.07) is 3.35. The van der Waals surface area contributed by atoms with Gasteiger partial charge in [0.1, 0.15) is 6.10 Å². The molecule has 1 atom stereocenters. The summed E-state index contributed by atoms with van der Waals surface area (Å²) in [5, 5.41) is 2.88. The summed E-state index contributed by atoms with van der Waals surface area (Å²) < 4.78 is 5.95. The van der Waals surface area contributed by atoms with Gasteiger partial charge >= 0.3 is 0 Å². The van der Waals surface area contributed by atoms with Gasteiger partial charge in [0.15, 0.2) is 0 Å². The highest BCUT2D eigenvalue weighted by atomic mass is 32.2. The summed E-state index contributed by atoms with van der Waals surface area (Å²) in [7, 11) is 0. The molecule has 0 spiro atoms. The van der Waals surface area contributed by atoms with Crippen LogP contribution in [0.5, 0.6) is 5.88 Å². The summed E-state index contributed by atoms with van der Waals surface area (Å²) in [6.07, 6.45) is 10.7. The molecule has 3 N–H and O–H groups in total. The largest absolute Gasteiger partial charge is 0.474 e. The lowest BCUT2D eigenvalue weighted by Gasteiger charge is -2.22. The van der Waals surface area contributed by atoms with Gasteiger partial charge in [-0.15, -0.1) is 0 Å². The van der Waals surface area contributed by atoms with Gasteiger partial charge < -0.3 is 15.8 Å². The second-order valence-electron chi connectivity index (χ2n) is 5.99. The zero-order valence-electron chi connectivity index (χ0n) is 13.8. The maximum Gasteiger partial charge on any atom is 0.237 e. The number of nitrogens with zero attached hydrogens (tertiary/aromatic N) is 1. The molecule has 5 nitrogen and oxygen atoms in total. The third kappa shape index (κ3) is 6.39. The average Bonchev–Trinajstić information content (AvgIpc) is 2.58. The fourth-order valence-electron chi connectivity index (χ4n) is 2.67. The van der Waals surface area contributed by atoms with Gasteiger partial charge in [0.25, 0.3) is 0 Å². The van der Waals surface area contributed by atoms with Crippen molar-refractivity contribution in [3.05, 3.63) is 23.9 Å². The Balaban J connectivity index is 1.81. The molecule has 1 aromatic heterocycles. The van der Waals surface area contributed by atoms with E-state index >= 15 is 0 Å². The van der Waals surface area contributed by atoms with Crippen LogP contribution in [0.3, 0.4) is 0 Å². The van der Waals surface area contributed by atoms with Crippen molar-refractivity contribution < 1.29 is 9.53 Å². The fourth-order valence-corrected chi connectivity index (χ4v) is 3.16. The van der Waals surface area contributed by atoms with Gasteiger partial charge in [-0.1, -0.05) is 6.42 Å². The predicted octanol–water partition coefficient (Wildman–Crippen LogP) is 2.49. The standard InChI is InChI=1S/C17H27N3O2S/c1-23-10-8-15(18)17(21)20-12-13-7-9-19-16(11-13)22-14-5-3-2-4-6-14/h7,9,11,14-15H,2-6,8,10,12,18H2,1H3,(H,20,21). The molecule has 1 saturated carbocycles. The van der Waals surface area contributed by atoms with Crippen molar-refractivity contribution in [2.75, 3.05) is 12.0 Å². The van der Waals surface area contributed by atoms with Crippen LogP contribution in [0.2, 0.25) is 0 Å². The summed E-state index contributed by atoms with van der Waals surface area (Å²) in [5.74, 6) is 1.43. The van der Waals surface area contributed by atoms with Crippen LogP contribution < -0.4 is 15.8 Å². The van der Waals surface area contributed by atoms with Crippen LogP contribution in [0.1, 0.15) is 44.1 Å². The first kappa shape index (κ1) is 18.1. The second-order valence-corrected chi connectivity index (χ2v) is 6.97. The summed E-state index contributed by atoms with van der Waals surface area (Å²) >= 11 is 1.70. The lowest BCUT2D eigenvalue weighted by molar-refractivity contribution is -0.122. The number of carbonyl (C=O) groups excluding carboxylic acids is 1. The summed E-state index contributed by atoms with van der Waals surface area (Å²) in [4.78, 5) is 16.2. The Kier molecular flexibility index (Phi) is 7.68. The number of nitrogens with one attached hydrogen (secondary N) is 1. The Morgan fingerprint density at radius 1 is 1.48 bits per heavy atom. The van der Waals surface area contributed by atoms with E-state index < -0.39 is 6.04 Å². The molecule has 1 unspecified atom stereocenters. The lowest BCUT2D eigenvalue weighted by atomic mass is 9.98. The van der Waals surface area contributed by atoms with E-state index in [9.17, 15) is 4.79 Å². The fraction of sp³-hybridized carbons (Fsp3) is 0.647. The van der Waals surface area contributed by atoms with E-state index in [1.54, 1.807) is 18.0 Å². The van der Waals surface area contributed by atoms with Crippen molar-refractivity contribution in [3.8, 4) is 5.88 Å². The maximum absolute atomic E-state index is 11.9. The van der Waals surface area contributed by atoms with Crippen molar-refractivity contribution in [2.24, 2.45) is 5.73 Å². The number of nitrogens with two attached hydrogens (primary N) is 1. The minimum Gasteiger partial charge on any atom is -0.474 e. The minimum absolute atomic E-state index is 0.106. The number of thioether (sulfide) groups is 1. The van der Waals surface area contributed by atoms with Crippen molar-refractivity contribution in [2.45, 2.75) is 57.2 Å². The number of pyridine rings is 1. The van der Waals surface area contributed by atoms with Gasteiger partial charge in [0.05, 0.1) is 6.04 Å². The van der Waals surface area contributed by atoms with Gasteiger partial charge in [-0.2, -0.15) is 11.8 Å². The van der Waals surface area contributed by atoms with E-state index in [1.165, 1.54) is 19.3 Å². The number of amides is 1. The van der Waals surface area contributed by atoms with Crippen LogP contribution >= 0.6 is 11.8 Å². The van der Waals surface area contributed by atoms with Crippen LogP contribution in [0.15, 0.2) is 18.3 Å². The molecule has 0 radical (unpaired) electrons. The van der Waals surface area contributed by atoms with E-state index in [1.807, 2.05) is 18.4 Å². The average molecular weight is 337 g/mol. The maximum atomic E-state index is 11.9. The Morgan fingerprint density at radius 2 is 2.26 bits per heavy atom. The topological polar surface area (TPSA) is 77.2 Å². The van der Waals surface area contributed by atoms with Gasteiger partial charge in [0, 0.05) is 18.8 Å². The van der Waals surface area contributed by atoms with E-state index in [0.29, 0.717) is 18.8 Å². The first-order valence-corrected chi connectivity index (χ1v) is 9.72. The van der Waals surface area contributed by atoms with Crippen molar-refractivity contribution in [1.29, 1.82) is 0 Å². The molecule has 1 aliphatic rings.